The van der Waals surface area contributed by atoms with E-state index in [1.165, 1.54) is 19.3 Å². The average Bonchev–Trinajstić information content (AvgIpc) is 2.34. The average molecular weight is 285 g/mol. The number of rotatable bonds is 8. The van der Waals surface area contributed by atoms with Gasteiger partial charge in [0.15, 0.2) is 0 Å². The molecule has 120 valence electrons. The molecule has 1 rings (SSSR count). The normalized spacial score (nSPS) is 30.4. The van der Waals surface area contributed by atoms with Gasteiger partial charge in [0, 0.05) is 12.6 Å². The van der Waals surface area contributed by atoms with Crippen molar-refractivity contribution in [3.8, 4) is 0 Å². The van der Waals surface area contributed by atoms with Crippen LogP contribution in [0.15, 0.2) is 0 Å². The van der Waals surface area contributed by atoms with Crippen molar-refractivity contribution >= 4 is 0 Å². The first-order valence-corrected chi connectivity index (χ1v) is 8.41. The van der Waals surface area contributed by atoms with Crippen LogP contribution in [0.4, 0.5) is 0 Å². The number of aliphatic hydroxyl groups is 1. The van der Waals surface area contributed by atoms with Gasteiger partial charge in [0.1, 0.15) is 0 Å². The predicted molar refractivity (Wildman–Crippen MR) is 84.8 cm³/mol. The summed E-state index contributed by atoms with van der Waals surface area (Å²) in [6.07, 6.45) is 4.74. The molecule has 1 aliphatic rings. The minimum Gasteiger partial charge on any atom is -0.389 e. The van der Waals surface area contributed by atoms with E-state index in [9.17, 15) is 5.11 Å². The largest absolute Gasteiger partial charge is 0.389 e. The van der Waals surface area contributed by atoms with Crippen LogP contribution in [0.5, 0.6) is 0 Å². The van der Waals surface area contributed by atoms with Gasteiger partial charge in [-0.2, -0.15) is 0 Å². The molecular weight excluding hydrogens is 250 g/mol. The SMILES string of the molecule is CC(C)CC(C)OCC(O)CNC1CCC(C)CC1C. The summed E-state index contributed by atoms with van der Waals surface area (Å²) in [4.78, 5) is 0. The molecule has 1 fully saturated rings. The summed E-state index contributed by atoms with van der Waals surface area (Å²) < 4.78 is 5.71. The maximum atomic E-state index is 10.0. The molecule has 0 aromatic carbocycles. The quantitative estimate of drug-likeness (QED) is 0.719. The number of aliphatic hydroxyl groups excluding tert-OH is 1. The van der Waals surface area contributed by atoms with E-state index in [4.69, 9.17) is 4.74 Å². The van der Waals surface area contributed by atoms with Crippen LogP contribution in [0.2, 0.25) is 0 Å². The Morgan fingerprint density at radius 2 is 1.90 bits per heavy atom. The van der Waals surface area contributed by atoms with E-state index in [0.29, 0.717) is 31.0 Å². The molecule has 0 aromatic rings. The lowest BCUT2D eigenvalue weighted by atomic mass is 9.80. The molecule has 0 aromatic heterocycles. The first kappa shape index (κ1) is 17.9. The Balaban J connectivity index is 2.15. The van der Waals surface area contributed by atoms with Gasteiger partial charge in [-0.15, -0.1) is 0 Å². The number of nitrogens with one attached hydrogen (secondary N) is 1. The Morgan fingerprint density at radius 1 is 1.20 bits per heavy atom. The van der Waals surface area contributed by atoms with Crippen LogP contribution in [0, 0.1) is 17.8 Å². The van der Waals surface area contributed by atoms with Crippen molar-refractivity contribution in [3.63, 3.8) is 0 Å². The summed E-state index contributed by atoms with van der Waals surface area (Å²) in [7, 11) is 0. The Labute approximate surface area is 125 Å². The molecule has 2 N–H and O–H groups in total. The zero-order valence-electron chi connectivity index (χ0n) is 14.1. The van der Waals surface area contributed by atoms with Crippen LogP contribution < -0.4 is 5.32 Å². The summed E-state index contributed by atoms with van der Waals surface area (Å²) in [6, 6.07) is 0.564. The topological polar surface area (TPSA) is 41.5 Å². The van der Waals surface area contributed by atoms with Gasteiger partial charge in [-0.3, -0.25) is 0 Å². The predicted octanol–water partition coefficient (Wildman–Crippen LogP) is 3.21. The molecule has 3 heteroatoms. The molecule has 1 saturated carbocycles. The second-order valence-electron chi connectivity index (χ2n) is 7.34. The third-order valence-corrected chi connectivity index (χ3v) is 4.42. The van der Waals surface area contributed by atoms with Gasteiger partial charge in [-0.25, -0.2) is 0 Å². The smallest absolute Gasteiger partial charge is 0.0897 e. The summed E-state index contributed by atoms with van der Waals surface area (Å²) in [5.74, 6) is 2.21. The molecule has 0 bridgehead atoms. The zero-order chi connectivity index (χ0) is 15.1. The van der Waals surface area contributed by atoms with Crippen molar-refractivity contribution in [3.05, 3.63) is 0 Å². The zero-order valence-corrected chi connectivity index (χ0v) is 14.1. The van der Waals surface area contributed by atoms with Crippen LogP contribution in [0.1, 0.15) is 60.3 Å². The van der Waals surface area contributed by atoms with Crippen molar-refractivity contribution in [2.75, 3.05) is 13.2 Å². The van der Waals surface area contributed by atoms with Gasteiger partial charge in [-0.1, -0.05) is 27.7 Å². The molecule has 0 amide bonds. The van der Waals surface area contributed by atoms with Crippen LogP contribution >= 0.6 is 0 Å². The van der Waals surface area contributed by atoms with Gasteiger partial charge in [0.05, 0.1) is 18.8 Å². The van der Waals surface area contributed by atoms with Gasteiger partial charge in [0.25, 0.3) is 0 Å². The van der Waals surface area contributed by atoms with E-state index in [1.54, 1.807) is 0 Å². The highest BCUT2D eigenvalue weighted by Crippen LogP contribution is 2.28. The van der Waals surface area contributed by atoms with Crippen molar-refractivity contribution < 1.29 is 9.84 Å². The molecule has 5 unspecified atom stereocenters. The molecule has 0 spiro atoms. The van der Waals surface area contributed by atoms with E-state index >= 15 is 0 Å². The summed E-state index contributed by atoms with van der Waals surface area (Å²) >= 11 is 0. The Bertz CT molecular complexity index is 257. The highest BCUT2D eigenvalue weighted by molar-refractivity contribution is 4.81. The molecule has 0 radical (unpaired) electrons. The third-order valence-electron chi connectivity index (χ3n) is 4.42. The van der Waals surface area contributed by atoms with E-state index in [1.807, 2.05) is 0 Å². The lowest BCUT2D eigenvalue weighted by Gasteiger charge is -2.34. The fourth-order valence-corrected chi connectivity index (χ4v) is 3.32. The van der Waals surface area contributed by atoms with Gasteiger partial charge in [0.2, 0.25) is 0 Å². The molecule has 0 aliphatic heterocycles. The van der Waals surface area contributed by atoms with Crippen LogP contribution in [0.3, 0.4) is 0 Å². The number of ether oxygens (including phenoxy) is 1. The van der Waals surface area contributed by atoms with Crippen molar-refractivity contribution in [1.82, 2.24) is 5.32 Å². The van der Waals surface area contributed by atoms with Crippen LogP contribution in [-0.4, -0.2) is 36.5 Å². The summed E-state index contributed by atoms with van der Waals surface area (Å²) in [5.41, 5.74) is 0. The fraction of sp³-hybridized carbons (Fsp3) is 1.00. The second-order valence-corrected chi connectivity index (χ2v) is 7.34. The van der Waals surface area contributed by atoms with Gasteiger partial charge >= 0.3 is 0 Å². The molecule has 0 heterocycles. The lowest BCUT2D eigenvalue weighted by molar-refractivity contribution is -0.0104. The highest BCUT2D eigenvalue weighted by Gasteiger charge is 2.25. The Kier molecular flexibility index (Phi) is 8.08. The molecule has 1 aliphatic carbocycles. The second kappa shape index (κ2) is 9.01. The standard InChI is InChI=1S/C17H35NO2/c1-12(2)8-15(5)20-11-16(19)10-18-17-7-6-13(3)9-14(17)4/h12-19H,6-11H2,1-5H3. The first-order chi connectivity index (χ1) is 9.38. The first-order valence-electron chi connectivity index (χ1n) is 8.41. The minimum absolute atomic E-state index is 0.235. The Morgan fingerprint density at radius 3 is 2.50 bits per heavy atom. The molecule has 20 heavy (non-hydrogen) atoms. The molecule has 3 nitrogen and oxygen atoms in total. The van der Waals surface area contributed by atoms with E-state index in [2.05, 4.69) is 39.9 Å². The van der Waals surface area contributed by atoms with Crippen LogP contribution in [-0.2, 0) is 4.74 Å². The monoisotopic (exact) mass is 285 g/mol. The number of hydrogen-bond acceptors (Lipinski definition) is 3. The maximum Gasteiger partial charge on any atom is 0.0897 e. The third kappa shape index (κ3) is 7.05. The van der Waals surface area contributed by atoms with E-state index < -0.39 is 6.10 Å². The Hall–Kier alpha value is -0.120. The lowest BCUT2D eigenvalue weighted by Crippen LogP contribution is -2.43. The fourth-order valence-electron chi connectivity index (χ4n) is 3.32. The maximum absolute atomic E-state index is 10.0. The van der Waals surface area contributed by atoms with Gasteiger partial charge in [-0.05, 0) is 50.4 Å². The van der Waals surface area contributed by atoms with E-state index in [0.717, 1.165) is 12.3 Å². The van der Waals surface area contributed by atoms with Crippen LogP contribution in [0.25, 0.3) is 0 Å². The summed E-state index contributed by atoms with van der Waals surface area (Å²) in [5, 5.41) is 13.5. The minimum atomic E-state index is -0.392. The van der Waals surface area contributed by atoms with Crippen molar-refractivity contribution in [1.29, 1.82) is 0 Å². The highest BCUT2D eigenvalue weighted by atomic mass is 16.5. The molecular formula is C17H35NO2. The van der Waals surface area contributed by atoms with Gasteiger partial charge < -0.3 is 15.2 Å². The van der Waals surface area contributed by atoms with E-state index in [-0.39, 0.29) is 6.10 Å². The van der Waals surface area contributed by atoms with Crippen molar-refractivity contribution in [2.24, 2.45) is 17.8 Å². The molecule has 0 saturated heterocycles. The molecule has 5 atom stereocenters. The van der Waals surface area contributed by atoms with Crippen molar-refractivity contribution in [2.45, 2.75) is 78.6 Å². The summed E-state index contributed by atoms with van der Waals surface area (Å²) in [6.45, 7) is 12.2. The number of hydrogen-bond donors (Lipinski definition) is 2.